The normalized spacial score (nSPS) is 22.0. The van der Waals surface area contributed by atoms with Gasteiger partial charge in [-0.15, -0.1) is 0 Å². The lowest BCUT2D eigenvalue weighted by atomic mass is 9.90. The molecule has 0 aliphatic carbocycles. The van der Waals surface area contributed by atoms with Crippen LogP contribution in [-0.4, -0.2) is 17.9 Å². The quantitative estimate of drug-likeness (QED) is 0.322. The Balaban J connectivity index is 1.45. The highest BCUT2D eigenvalue weighted by atomic mass is 35.5. The molecular weight excluding hydrogens is 471 g/mol. The van der Waals surface area contributed by atoms with Crippen molar-refractivity contribution in [2.75, 3.05) is 9.96 Å². The Morgan fingerprint density at radius 3 is 2.21 bits per heavy atom. The van der Waals surface area contributed by atoms with Crippen molar-refractivity contribution in [2.24, 2.45) is 5.92 Å². The summed E-state index contributed by atoms with van der Waals surface area (Å²) >= 11 is 12.7. The predicted molar refractivity (Wildman–Crippen MR) is 133 cm³/mol. The van der Waals surface area contributed by atoms with Gasteiger partial charge in [-0.2, -0.15) is 0 Å². The van der Waals surface area contributed by atoms with Crippen LogP contribution in [0.3, 0.4) is 0 Å². The first-order valence-corrected chi connectivity index (χ1v) is 11.6. The number of carbonyl (C=O) groups is 2. The molecule has 2 aliphatic heterocycles. The number of rotatable bonds is 3. The number of hydrogen-bond donors (Lipinski definition) is 0. The lowest BCUT2D eigenvalue weighted by molar-refractivity contribution is -0.126. The summed E-state index contributed by atoms with van der Waals surface area (Å²) in [6, 6.07) is 27.3. The first-order valence-electron chi connectivity index (χ1n) is 10.9. The molecule has 0 spiro atoms. The number of hydroxylamine groups is 1. The monoisotopic (exact) mass is 488 g/mol. The third-order valence-electron chi connectivity index (χ3n) is 6.40. The van der Waals surface area contributed by atoms with E-state index in [1.807, 2.05) is 66.7 Å². The first-order chi connectivity index (χ1) is 16.5. The van der Waals surface area contributed by atoms with Crippen molar-refractivity contribution in [2.45, 2.75) is 12.1 Å². The summed E-state index contributed by atoms with van der Waals surface area (Å²) in [4.78, 5) is 34.7. The Labute approximate surface area is 206 Å². The number of nitrogens with zero attached hydrogens (tertiary/aromatic N) is 2. The summed E-state index contributed by atoms with van der Waals surface area (Å²) < 4.78 is 0. The Morgan fingerprint density at radius 1 is 0.706 bits per heavy atom. The topological polar surface area (TPSA) is 49.9 Å². The standard InChI is InChI=1S/C27H18Cl2N2O3/c28-18-11-13-21(22(29)15-18)24-23-25(34-31(24)19-8-2-1-3-9-19)27(33)30(26(23)32)20-12-10-16-6-4-5-7-17(16)14-20/h1-15,23-25H/t23-,24-,25+/m0/s1. The fourth-order valence-corrected chi connectivity index (χ4v) is 5.36. The highest BCUT2D eigenvalue weighted by Gasteiger charge is 2.60. The van der Waals surface area contributed by atoms with Crippen LogP contribution in [0, 0.1) is 5.92 Å². The van der Waals surface area contributed by atoms with Gasteiger partial charge in [-0.1, -0.05) is 77.8 Å². The number of benzene rings is 4. The van der Waals surface area contributed by atoms with Crippen molar-refractivity contribution in [3.8, 4) is 0 Å². The number of amides is 2. The summed E-state index contributed by atoms with van der Waals surface area (Å²) in [6.45, 7) is 0. The maximum absolute atomic E-state index is 13.8. The number of para-hydroxylation sites is 1. The van der Waals surface area contributed by atoms with Gasteiger partial charge in [-0.25, -0.2) is 9.96 Å². The Kier molecular flexibility index (Phi) is 5.06. The third-order valence-corrected chi connectivity index (χ3v) is 6.96. The summed E-state index contributed by atoms with van der Waals surface area (Å²) in [7, 11) is 0. The molecule has 6 rings (SSSR count). The first kappa shape index (κ1) is 21.2. The van der Waals surface area contributed by atoms with E-state index in [2.05, 4.69) is 0 Å². The molecule has 168 valence electrons. The number of fused-ring (bicyclic) bond motifs is 2. The van der Waals surface area contributed by atoms with Gasteiger partial charge in [0.15, 0.2) is 6.10 Å². The maximum Gasteiger partial charge on any atom is 0.266 e. The van der Waals surface area contributed by atoms with E-state index in [1.54, 1.807) is 29.3 Å². The van der Waals surface area contributed by atoms with E-state index in [0.717, 1.165) is 16.5 Å². The van der Waals surface area contributed by atoms with Crippen molar-refractivity contribution >= 4 is 57.2 Å². The molecule has 5 nitrogen and oxygen atoms in total. The van der Waals surface area contributed by atoms with E-state index in [4.69, 9.17) is 28.0 Å². The lowest BCUT2D eigenvalue weighted by Crippen LogP contribution is -2.37. The molecule has 4 aromatic carbocycles. The second-order valence-electron chi connectivity index (χ2n) is 8.37. The van der Waals surface area contributed by atoms with Crippen molar-refractivity contribution < 1.29 is 14.4 Å². The van der Waals surface area contributed by atoms with Crippen LogP contribution < -0.4 is 9.96 Å². The Bertz CT molecular complexity index is 1440. The molecule has 0 unspecified atom stereocenters. The number of carbonyl (C=O) groups excluding carboxylic acids is 2. The lowest BCUT2D eigenvalue weighted by Gasteiger charge is -2.29. The van der Waals surface area contributed by atoms with Crippen LogP contribution in [0.2, 0.25) is 10.0 Å². The molecule has 2 aliphatic rings. The van der Waals surface area contributed by atoms with Gasteiger partial charge in [-0.3, -0.25) is 14.4 Å². The summed E-state index contributed by atoms with van der Waals surface area (Å²) in [5, 5.41) is 4.50. The van der Waals surface area contributed by atoms with E-state index in [-0.39, 0.29) is 5.91 Å². The minimum absolute atomic E-state index is 0.320. The van der Waals surface area contributed by atoms with Crippen LogP contribution in [0.1, 0.15) is 11.6 Å². The average Bonchev–Trinajstić information content (AvgIpc) is 3.35. The van der Waals surface area contributed by atoms with E-state index in [1.165, 1.54) is 4.90 Å². The van der Waals surface area contributed by atoms with Crippen molar-refractivity contribution in [1.82, 2.24) is 0 Å². The minimum Gasteiger partial charge on any atom is -0.273 e. The van der Waals surface area contributed by atoms with Gasteiger partial charge in [0, 0.05) is 10.0 Å². The van der Waals surface area contributed by atoms with Crippen LogP contribution in [0.15, 0.2) is 91.0 Å². The smallest absolute Gasteiger partial charge is 0.266 e. The van der Waals surface area contributed by atoms with Crippen molar-refractivity contribution in [1.29, 1.82) is 0 Å². The van der Waals surface area contributed by atoms with E-state index >= 15 is 0 Å². The number of hydrogen-bond acceptors (Lipinski definition) is 4. The predicted octanol–water partition coefficient (Wildman–Crippen LogP) is 6.20. The second-order valence-corrected chi connectivity index (χ2v) is 9.21. The van der Waals surface area contributed by atoms with Gasteiger partial charge in [0.25, 0.3) is 5.91 Å². The highest BCUT2D eigenvalue weighted by molar-refractivity contribution is 6.35. The molecule has 0 bridgehead atoms. The molecule has 4 aromatic rings. The zero-order chi connectivity index (χ0) is 23.4. The van der Waals surface area contributed by atoms with Crippen LogP contribution in [0.5, 0.6) is 0 Å². The third kappa shape index (κ3) is 3.28. The van der Waals surface area contributed by atoms with Gasteiger partial charge in [-0.05, 0) is 52.7 Å². The van der Waals surface area contributed by atoms with Gasteiger partial charge in [0.2, 0.25) is 5.91 Å². The highest BCUT2D eigenvalue weighted by Crippen LogP contribution is 2.49. The molecular formula is C27H18Cl2N2O3. The molecule has 3 atom stereocenters. The van der Waals surface area contributed by atoms with Gasteiger partial charge in [0.05, 0.1) is 17.4 Å². The van der Waals surface area contributed by atoms with E-state index in [0.29, 0.717) is 21.3 Å². The van der Waals surface area contributed by atoms with Crippen LogP contribution >= 0.6 is 23.2 Å². The van der Waals surface area contributed by atoms with Crippen LogP contribution in [0.4, 0.5) is 11.4 Å². The summed E-state index contributed by atoms with van der Waals surface area (Å²) in [6.07, 6.45) is -0.962. The summed E-state index contributed by atoms with van der Waals surface area (Å²) in [5.41, 5.74) is 1.92. The molecule has 0 radical (unpaired) electrons. The molecule has 34 heavy (non-hydrogen) atoms. The molecule has 7 heteroatoms. The van der Waals surface area contributed by atoms with E-state index in [9.17, 15) is 9.59 Å². The molecule has 0 N–H and O–H groups in total. The fraction of sp³-hybridized carbons (Fsp3) is 0.111. The number of halogens is 2. The van der Waals surface area contributed by atoms with Crippen molar-refractivity contribution in [3.63, 3.8) is 0 Å². The van der Waals surface area contributed by atoms with Gasteiger partial charge >= 0.3 is 0 Å². The molecule has 0 aromatic heterocycles. The Morgan fingerprint density at radius 2 is 1.44 bits per heavy atom. The van der Waals surface area contributed by atoms with E-state index < -0.39 is 24.0 Å². The molecule has 0 saturated carbocycles. The minimum atomic E-state index is -0.962. The van der Waals surface area contributed by atoms with Crippen molar-refractivity contribution in [3.05, 3.63) is 107 Å². The molecule has 2 amide bonds. The van der Waals surface area contributed by atoms with Gasteiger partial charge in [0.1, 0.15) is 5.92 Å². The molecule has 2 fully saturated rings. The second kappa shape index (κ2) is 8.13. The SMILES string of the molecule is O=C1[C@@H]2[C@@H](ON(c3ccccc3)[C@H]2c2ccc(Cl)cc2Cl)C(=O)N1c1ccc2ccccc2c1. The largest absolute Gasteiger partial charge is 0.273 e. The summed E-state index contributed by atoms with van der Waals surface area (Å²) in [5.74, 6) is -1.48. The zero-order valence-electron chi connectivity index (χ0n) is 17.8. The zero-order valence-corrected chi connectivity index (χ0v) is 19.3. The fourth-order valence-electron chi connectivity index (χ4n) is 4.84. The number of imide groups is 1. The number of anilines is 2. The van der Waals surface area contributed by atoms with Crippen LogP contribution in [0.25, 0.3) is 10.8 Å². The van der Waals surface area contributed by atoms with Gasteiger partial charge < -0.3 is 0 Å². The van der Waals surface area contributed by atoms with Crippen LogP contribution in [-0.2, 0) is 14.4 Å². The molecule has 2 saturated heterocycles. The Hall–Kier alpha value is -3.38. The molecule has 2 heterocycles. The average molecular weight is 489 g/mol. The maximum atomic E-state index is 13.8.